The van der Waals surface area contributed by atoms with Gasteiger partial charge in [-0.2, -0.15) is 0 Å². The first-order valence-electron chi connectivity index (χ1n) is 15.3. The van der Waals surface area contributed by atoms with Gasteiger partial charge in [-0.15, -0.1) is 0 Å². The van der Waals surface area contributed by atoms with Gasteiger partial charge in [-0.1, -0.05) is 77.0 Å². The summed E-state index contributed by atoms with van der Waals surface area (Å²) >= 11 is 0. The number of aliphatic hydroxyl groups excluding tert-OH is 1. The predicted octanol–water partition coefficient (Wildman–Crippen LogP) is 6.79. The van der Waals surface area contributed by atoms with E-state index < -0.39 is 0 Å². The van der Waals surface area contributed by atoms with Crippen LogP contribution in [0.15, 0.2) is 4.99 Å². The van der Waals surface area contributed by atoms with Gasteiger partial charge in [0.1, 0.15) is 5.36 Å². The fourth-order valence-corrected chi connectivity index (χ4v) is 7.79. The van der Waals surface area contributed by atoms with Crippen molar-refractivity contribution in [1.82, 2.24) is 0 Å². The monoisotopic (exact) mass is 469 g/mol. The van der Waals surface area contributed by atoms with Gasteiger partial charge in [0, 0.05) is 24.2 Å². The molecule has 1 unspecified atom stereocenters. The second kappa shape index (κ2) is 11.8. The standard InChI is InChI=1S/C30H51N3O/c1-23(22-34)31-28-29(32(24-14-6-2-7-15-24)25-16-8-3-9-17-25)30(28)33(26-18-10-4-11-19-26)27-20-12-5-13-21-27/h23-27,34H,2-22H2,1H3. The third-order valence-electron chi connectivity index (χ3n) is 9.61. The number of nitrogens with zero attached hydrogens (tertiary/aromatic N) is 3. The molecule has 1 N–H and O–H groups in total. The van der Waals surface area contributed by atoms with Crippen LogP contribution in [0.25, 0.3) is 0 Å². The molecule has 4 saturated carbocycles. The Kier molecular flexibility index (Phi) is 8.56. The van der Waals surface area contributed by atoms with E-state index in [1.165, 1.54) is 145 Å². The van der Waals surface area contributed by atoms with E-state index in [0.29, 0.717) is 24.2 Å². The predicted molar refractivity (Wildman–Crippen MR) is 143 cm³/mol. The molecule has 0 aliphatic heterocycles. The molecule has 0 radical (unpaired) electrons. The third kappa shape index (κ3) is 5.52. The Morgan fingerprint density at radius 1 is 0.588 bits per heavy atom. The van der Waals surface area contributed by atoms with Crippen LogP contribution in [0, 0.1) is 0 Å². The minimum absolute atomic E-state index is 0.00150. The second-order valence-electron chi connectivity index (χ2n) is 12.2. The highest BCUT2D eigenvalue weighted by Crippen LogP contribution is 2.45. The van der Waals surface area contributed by atoms with Crippen LogP contribution in [-0.2, 0) is 0 Å². The number of anilines is 2. The smallest absolute Gasteiger partial charge is 0.109 e. The van der Waals surface area contributed by atoms with Crippen LogP contribution >= 0.6 is 0 Å². The van der Waals surface area contributed by atoms with Crippen molar-refractivity contribution < 1.29 is 5.11 Å². The average Bonchev–Trinajstić information content (AvgIpc) is 3.58. The Bertz CT molecular complexity index is 665. The first kappa shape index (κ1) is 24.7. The highest BCUT2D eigenvalue weighted by molar-refractivity contribution is 5.86. The van der Waals surface area contributed by atoms with Gasteiger partial charge >= 0.3 is 0 Å². The Morgan fingerprint density at radius 2 is 0.882 bits per heavy atom. The van der Waals surface area contributed by atoms with Crippen molar-refractivity contribution in [1.29, 1.82) is 0 Å². The van der Waals surface area contributed by atoms with Crippen LogP contribution < -0.4 is 15.2 Å². The molecule has 1 aromatic carbocycles. The first-order chi connectivity index (χ1) is 16.8. The Hall–Kier alpha value is -1.03. The van der Waals surface area contributed by atoms with E-state index in [1.54, 1.807) is 0 Å². The van der Waals surface area contributed by atoms with Crippen molar-refractivity contribution in [2.75, 3.05) is 16.4 Å². The van der Waals surface area contributed by atoms with Gasteiger partial charge in [0.15, 0.2) is 0 Å². The van der Waals surface area contributed by atoms with Gasteiger partial charge in [0.2, 0.25) is 0 Å². The van der Waals surface area contributed by atoms with E-state index in [1.807, 2.05) is 0 Å². The Labute approximate surface area is 208 Å². The molecule has 4 fully saturated rings. The highest BCUT2D eigenvalue weighted by atomic mass is 16.3. The quantitative estimate of drug-likeness (QED) is 0.456. The molecule has 1 atom stereocenters. The zero-order chi connectivity index (χ0) is 23.3. The molecule has 0 spiro atoms. The summed E-state index contributed by atoms with van der Waals surface area (Å²) in [5.74, 6) is 0. The summed E-state index contributed by atoms with van der Waals surface area (Å²) in [5, 5.41) is 11.2. The number of rotatable bonds is 8. The van der Waals surface area contributed by atoms with Gasteiger partial charge in [0.05, 0.1) is 24.0 Å². The molecule has 4 aliphatic rings. The van der Waals surface area contributed by atoms with E-state index in [0.717, 1.165) is 0 Å². The number of hydrogen-bond donors (Lipinski definition) is 1. The van der Waals surface area contributed by atoms with Crippen LogP contribution in [-0.4, -0.2) is 41.9 Å². The van der Waals surface area contributed by atoms with Crippen LogP contribution in [0.3, 0.4) is 0 Å². The lowest BCUT2D eigenvalue weighted by molar-refractivity contribution is 0.273. The van der Waals surface area contributed by atoms with Crippen molar-refractivity contribution >= 4 is 11.4 Å². The van der Waals surface area contributed by atoms with E-state index >= 15 is 0 Å². The third-order valence-corrected chi connectivity index (χ3v) is 9.61. The van der Waals surface area contributed by atoms with Crippen LogP contribution in [0.4, 0.5) is 11.4 Å². The molecule has 0 heterocycles. The molecular weight excluding hydrogens is 418 g/mol. The summed E-state index contributed by atoms with van der Waals surface area (Å²) in [6.45, 7) is 2.25. The summed E-state index contributed by atoms with van der Waals surface area (Å²) in [4.78, 5) is 11.1. The molecule has 0 bridgehead atoms. The maximum atomic E-state index is 9.90. The van der Waals surface area contributed by atoms with Gasteiger partial charge in [-0.05, 0) is 58.3 Å². The molecule has 0 amide bonds. The van der Waals surface area contributed by atoms with Gasteiger partial charge < -0.3 is 14.9 Å². The largest absolute Gasteiger partial charge is 0.394 e. The van der Waals surface area contributed by atoms with Crippen LogP contribution in [0.5, 0.6) is 0 Å². The van der Waals surface area contributed by atoms with E-state index in [4.69, 9.17) is 4.99 Å². The Morgan fingerprint density at radius 3 is 1.15 bits per heavy atom. The van der Waals surface area contributed by atoms with Crippen LogP contribution in [0.1, 0.15) is 135 Å². The summed E-state index contributed by atoms with van der Waals surface area (Å²) in [6.07, 6.45) is 27.7. The maximum absolute atomic E-state index is 9.90. The van der Waals surface area contributed by atoms with Crippen LogP contribution in [0.2, 0.25) is 0 Å². The number of aliphatic hydroxyl groups is 1. The Balaban J connectivity index is 1.54. The summed E-state index contributed by atoms with van der Waals surface area (Å²) in [5.41, 5.74) is 3.07. The molecule has 0 aromatic heterocycles. The molecule has 4 aliphatic carbocycles. The first-order valence-corrected chi connectivity index (χ1v) is 15.3. The van der Waals surface area contributed by atoms with Crippen molar-refractivity contribution in [2.45, 2.75) is 166 Å². The van der Waals surface area contributed by atoms with Crippen molar-refractivity contribution in [3.63, 3.8) is 0 Å². The lowest BCUT2D eigenvalue weighted by Crippen LogP contribution is -2.46. The van der Waals surface area contributed by atoms with Gasteiger partial charge in [0.25, 0.3) is 0 Å². The molecule has 4 heteroatoms. The summed E-state index contributed by atoms with van der Waals surface area (Å²) in [6, 6.07) is 2.83. The van der Waals surface area contributed by atoms with E-state index in [-0.39, 0.29) is 12.6 Å². The van der Waals surface area contributed by atoms with E-state index in [2.05, 4.69) is 16.7 Å². The molecule has 1 aromatic rings. The van der Waals surface area contributed by atoms with Crippen molar-refractivity contribution in [2.24, 2.45) is 4.99 Å². The van der Waals surface area contributed by atoms with Gasteiger partial charge in [-0.3, -0.25) is 4.99 Å². The summed E-state index contributed by atoms with van der Waals surface area (Å²) in [7, 11) is 0. The fraction of sp³-hybridized carbons (Fsp3) is 0.900. The minimum Gasteiger partial charge on any atom is -0.394 e. The second-order valence-corrected chi connectivity index (χ2v) is 12.2. The minimum atomic E-state index is 0.00150. The highest BCUT2D eigenvalue weighted by Gasteiger charge is 2.42. The molecule has 0 saturated heterocycles. The maximum Gasteiger partial charge on any atom is 0.109 e. The zero-order valence-corrected chi connectivity index (χ0v) is 22.0. The average molecular weight is 470 g/mol. The topological polar surface area (TPSA) is 39.1 Å². The fourth-order valence-electron chi connectivity index (χ4n) is 7.79. The van der Waals surface area contributed by atoms with Crippen molar-refractivity contribution in [3.8, 4) is 0 Å². The van der Waals surface area contributed by atoms with E-state index in [9.17, 15) is 5.11 Å². The lowest BCUT2D eigenvalue weighted by atomic mass is 9.88. The summed E-state index contributed by atoms with van der Waals surface area (Å²) < 4.78 is 0. The lowest BCUT2D eigenvalue weighted by Gasteiger charge is -2.44. The normalized spacial score (nSPS) is 25.5. The molecule has 34 heavy (non-hydrogen) atoms. The molecule has 5 rings (SSSR count). The molecule has 4 nitrogen and oxygen atoms in total. The molecule has 192 valence electrons. The SMILES string of the molecule is CC(CO)N=c1c(N(C2CCCCC2)C2CCCCC2)c1N(C1CCCCC1)C1CCCCC1. The zero-order valence-electron chi connectivity index (χ0n) is 22.0. The van der Waals surface area contributed by atoms with Crippen molar-refractivity contribution in [3.05, 3.63) is 5.36 Å². The molecular formula is C30H51N3O. The van der Waals surface area contributed by atoms with Gasteiger partial charge in [-0.25, -0.2) is 0 Å². The number of hydrogen-bond acceptors (Lipinski definition) is 4.